The zero-order chi connectivity index (χ0) is 17.2. The first-order chi connectivity index (χ1) is 10.7. The monoisotopic (exact) mass is 337 g/mol. The Hall–Kier alpha value is -2.35. The summed E-state index contributed by atoms with van der Waals surface area (Å²) in [7, 11) is -2.61. The van der Waals surface area contributed by atoms with E-state index in [4.69, 9.17) is 0 Å². The number of carbonyl (C=O) groups is 1. The molecule has 1 aromatic heterocycles. The number of anilines is 1. The maximum Gasteiger partial charge on any atom is 0.337 e. The van der Waals surface area contributed by atoms with Crippen LogP contribution < -0.4 is 4.31 Å². The van der Waals surface area contributed by atoms with Crippen molar-refractivity contribution in [3.05, 3.63) is 42.4 Å². The van der Waals surface area contributed by atoms with Gasteiger partial charge in [0.1, 0.15) is 0 Å². The van der Waals surface area contributed by atoms with Crippen molar-refractivity contribution in [3.8, 4) is 0 Å². The van der Waals surface area contributed by atoms with Crippen molar-refractivity contribution in [3.63, 3.8) is 0 Å². The molecule has 0 radical (unpaired) electrons. The number of aromatic carboxylic acids is 1. The van der Waals surface area contributed by atoms with Gasteiger partial charge in [0.15, 0.2) is 5.03 Å². The minimum Gasteiger partial charge on any atom is -0.478 e. The van der Waals surface area contributed by atoms with E-state index in [2.05, 4.69) is 4.98 Å². The summed E-state index contributed by atoms with van der Waals surface area (Å²) in [6, 6.07) is 5.95. The molecule has 0 unspecified atom stereocenters. The Labute approximate surface area is 135 Å². The van der Waals surface area contributed by atoms with Gasteiger partial charge in [0.05, 0.1) is 17.6 Å². The third-order valence-electron chi connectivity index (χ3n) is 3.28. The van der Waals surface area contributed by atoms with Crippen LogP contribution in [0.3, 0.4) is 0 Å². The molecule has 124 valence electrons. The second-order valence-corrected chi connectivity index (χ2v) is 7.51. The zero-order valence-corrected chi connectivity index (χ0v) is 14.0. The van der Waals surface area contributed by atoms with Crippen LogP contribution in [-0.4, -0.2) is 36.1 Å². The van der Waals surface area contributed by atoms with E-state index in [1.165, 1.54) is 31.7 Å². The fourth-order valence-electron chi connectivity index (χ4n) is 2.19. The van der Waals surface area contributed by atoms with Crippen molar-refractivity contribution in [2.45, 2.75) is 25.4 Å². The maximum atomic E-state index is 12.7. The van der Waals surface area contributed by atoms with E-state index < -0.39 is 16.0 Å². The molecular formula is C15H19N3O4S. The summed E-state index contributed by atoms with van der Waals surface area (Å²) in [6.07, 6.45) is 2.92. The Morgan fingerprint density at radius 3 is 2.61 bits per heavy atom. The predicted octanol–water partition coefficient (Wildman–Crippen LogP) is 2.06. The number of carboxylic acids is 1. The Kier molecular flexibility index (Phi) is 4.74. The van der Waals surface area contributed by atoms with Crippen LogP contribution in [0.25, 0.3) is 0 Å². The van der Waals surface area contributed by atoms with E-state index in [-0.39, 0.29) is 16.3 Å². The smallest absolute Gasteiger partial charge is 0.337 e. The van der Waals surface area contributed by atoms with Crippen molar-refractivity contribution in [1.29, 1.82) is 0 Å². The van der Waals surface area contributed by atoms with Crippen molar-refractivity contribution in [2.24, 2.45) is 5.92 Å². The zero-order valence-electron chi connectivity index (χ0n) is 13.2. The molecule has 0 bridgehead atoms. The highest BCUT2D eigenvalue weighted by Gasteiger charge is 2.27. The standard InChI is InChI=1S/C15H19N3O4S/c1-11(2)8-18-9-14(16-10-18)23(21,22)17(3)13-7-5-4-6-12(13)15(19)20/h4-7,9-11H,8H2,1-3H3,(H,19,20). The van der Waals surface area contributed by atoms with Crippen molar-refractivity contribution in [1.82, 2.24) is 9.55 Å². The topological polar surface area (TPSA) is 92.5 Å². The second kappa shape index (κ2) is 6.41. The average molecular weight is 337 g/mol. The van der Waals surface area contributed by atoms with E-state index in [0.29, 0.717) is 12.5 Å². The first kappa shape index (κ1) is 17.0. The van der Waals surface area contributed by atoms with Crippen LogP contribution in [0.1, 0.15) is 24.2 Å². The molecule has 0 aliphatic heterocycles. The normalized spacial score (nSPS) is 11.7. The van der Waals surface area contributed by atoms with E-state index in [9.17, 15) is 18.3 Å². The number of hydrogen-bond donors (Lipinski definition) is 1. The van der Waals surface area contributed by atoms with Gasteiger partial charge >= 0.3 is 5.97 Å². The number of hydrogen-bond acceptors (Lipinski definition) is 4. The fourth-order valence-corrected chi connectivity index (χ4v) is 3.34. The molecule has 8 heteroatoms. The van der Waals surface area contributed by atoms with Crippen LogP contribution >= 0.6 is 0 Å². The van der Waals surface area contributed by atoms with Crippen LogP contribution in [0.15, 0.2) is 41.8 Å². The van der Waals surface area contributed by atoms with Gasteiger partial charge in [-0.1, -0.05) is 26.0 Å². The van der Waals surface area contributed by atoms with Gasteiger partial charge in [-0.05, 0) is 18.1 Å². The lowest BCUT2D eigenvalue weighted by Crippen LogP contribution is -2.28. The molecule has 2 rings (SSSR count). The molecule has 0 fully saturated rings. The van der Waals surface area contributed by atoms with E-state index in [0.717, 1.165) is 4.31 Å². The first-order valence-corrected chi connectivity index (χ1v) is 8.50. The van der Waals surface area contributed by atoms with Crippen LogP contribution in [0, 0.1) is 5.92 Å². The summed E-state index contributed by atoms with van der Waals surface area (Å²) in [5.41, 5.74) is 0.0126. The predicted molar refractivity (Wildman–Crippen MR) is 86.1 cm³/mol. The molecule has 0 amide bonds. The first-order valence-electron chi connectivity index (χ1n) is 7.06. The number of para-hydroxylation sites is 1. The molecule has 0 spiro atoms. The van der Waals surface area contributed by atoms with Crippen molar-refractivity contribution < 1.29 is 18.3 Å². The minimum atomic E-state index is -3.92. The van der Waals surface area contributed by atoms with Crippen LogP contribution in [-0.2, 0) is 16.6 Å². The Morgan fingerprint density at radius 2 is 2.00 bits per heavy atom. The fraction of sp³-hybridized carbons (Fsp3) is 0.333. The molecule has 1 heterocycles. The second-order valence-electron chi connectivity index (χ2n) is 5.60. The van der Waals surface area contributed by atoms with Crippen molar-refractivity contribution >= 4 is 21.7 Å². The van der Waals surface area contributed by atoms with E-state index >= 15 is 0 Å². The van der Waals surface area contributed by atoms with Crippen molar-refractivity contribution in [2.75, 3.05) is 11.4 Å². The molecule has 1 aromatic carbocycles. The third-order valence-corrected chi connectivity index (χ3v) is 4.94. The molecule has 0 saturated heterocycles. The number of rotatable bonds is 6. The molecular weight excluding hydrogens is 318 g/mol. The lowest BCUT2D eigenvalue weighted by Gasteiger charge is -2.19. The lowest BCUT2D eigenvalue weighted by molar-refractivity contribution is 0.0698. The van der Waals surface area contributed by atoms with Gasteiger partial charge in [-0.3, -0.25) is 4.31 Å². The minimum absolute atomic E-state index is 0.0832. The van der Waals surface area contributed by atoms with Gasteiger partial charge in [-0.15, -0.1) is 0 Å². The summed E-state index contributed by atoms with van der Waals surface area (Å²) in [5, 5.41) is 9.10. The Bertz CT molecular complexity index is 812. The van der Waals surface area contributed by atoms with Gasteiger partial charge < -0.3 is 9.67 Å². The molecule has 0 saturated carbocycles. The summed E-state index contributed by atoms with van der Waals surface area (Å²) in [6.45, 7) is 4.69. The highest BCUT2D eigenvalue weighted by atomic mass is 32.2. The Morgan fingerprint density at radius 1 is 1.35 bits per heavy atom. The Balaban J connectivity index is 2.40. The van der Waals surface area contributed by atoms with Crippen LogP contribution in [0.2, 0.25) is 0 Å². The third kappa shape index (κ3) is 3.53. The van der Waals surface area contributed by atoms with Gasteiger partial charge in [-0.25, -0.2) is 9.78 Å². The molecule has 2 aromatic rings. The van der Waals surface area contributed by atoms with Gasteiger partial charge in [-0.2, -0.15) is 8.42 Å². The number of imidazole rings is 1. The molecule has 7 nitrogen and oxygen atoms in total. The average Bonchev–Trinajstić information content (AvgIpc) is 2.94. The summed E-state index contributed by atoms with van der Waals surface area (Å²) >= 11 is 0. The highest BCUT2D eigenvalue weighted by Crippen LogP contribution is 2.25. The van der Waals surface area contributed by atoms with Crippen LogP contribution in [0.4, 0.5) is 5.69 Å². The van der Waals surface area contributed by atoms with Crippen LogP contribution in [0.5, 0.6) is 0 Å². The van der Waals surface area contributed by atoms with Gasteiger partial charge in [0.25, 0.3) is 10.0 Å². The summed E-state index contributed by atoms with van der Waals surface area (Å²) in [5.74, 6) is -0.835. The molecule has 1 N–H and O–H groups in total. The maximum absolute atomic E-state index is 12.7. The molecule has 0 aliphatic rings. The molecule has 23 heavy (non-hydrogen) atoms. The van der Waals surface area contributed by atoms with Gasteiger partial charge in [0, 0.05) is 19.8 Å². The summed E-state index contributed by atoms with van der Waals surface area (Å²) in [4.78, 5) is 15.2. The molecule has 0 atom stereocenters. The van der Waals surface area contributed by atoms with Gasteiger partial charge in [0.2, 0.25) is 0 Å². The largest absolute Gasteiger partial charge is 0.478 e. The SMILES string of the molecule is CC(C)Cn1cnc(S(=O)(=O)N(C)c2ccccc2C(=O)O)c1. The molecule has 0 aliphatic carbocycles. The number of sulfonamides is 1. The number of carboxylic acid groups (broad SMARTS) is 1. The number of aromatic nitrogens is 2. The van der Waals surface area contributed by atoms with E-state index in [1.807, 2.05) is 13.8 Å². The summed E-state index contributed by atoms with van der Waals surface area (Å²) < 4.78 is 28.0. The number of benzene rings is 1. The van der Waals surface area contributed by atoms with E-state index in [1.54, 1.807) is 16.7 Å². The lowest BCUT2D eigenvalue weighted by atomic mass is 10.2. The quantitative estimate of drug-likeness (QED) is 0.871. The highest BCUT2D eigenvalue weighted by molar-refractivity contribution is 7.92. The number of nitrogens with zero attached hydrogens (tertiary/aromatic N) is 3.